The van der Waals surface area contributed by atoms with Gasteiger partial charge in [-0.15, -0.1) is 0 Å². The number of aromatic nitrogens is 4. The lowest BCUT2D eigenvalue weighted by Crippen LogP contribution is -2.00. The summed E-state index contributed by atoms with van der Waals surface area (Å²) in [6.07, 6.45) is 0. The van der Waals surface area contributed by atoms with Crippen molar-refractivity contribution in [2.75, 3.05) is 0 Å². The van der Waals surface area contributed by atoms with Crippen LogP contribution in [0.15, 0.2) is 203 Å². The van der Waals surface area contributed by atoms with Gasteiger partial charge in [-0.1, -0.05) is 152 Å². The van der Waals surface area contributed by atoms with E-state index >= 15 is 0 Å². The van der Waals surface area contributed by atoms with Crippen molar-refractivity contribution in [3.63, 3.8) is 0 Å². The number of hydrogen-bond acceptors (Lipinski definition) is 6. The molecule has 0 atom stereocenters. The molecule has 0 saturated heterocycles. The Morgan fingerprint density at radius 2 is 0.783 bits per heavy atom. The van der Waals surface area contributed by atoms with E-state index in [1.165, 1.54) is 11.1 Å². The Labute approximate surface area is 344 Å². The number of nitrogens with zero attached hydrogens (tertiary/aromatic N) is 4. The molecule has 0 aliphatic carbocycles. The van der Waals surface area contributed by atoms with Gasteiger partial charge in [0.05, 0.1) is 5.39 Å². The largest absolute Gasteiger partial charge is 0.456 e. The predicted molar refractivity (Wildman–Crippen MR) is 242 cm³/mol. The second-order valence-corrected chi connectivity index (χ2v) is 15.0. The first-order valence-corrected chi connectivity index (χ1v) is 19.9. The molecular weight excluding hydrogens is 737 g/mol. The molecule has 280 valence electrons. The van der Waals surface area contributed by atoms with E-state index in [0.29, 0.717) is 28.9 Å². The fourth-order valence-electron chi connectivity index (χ4n) is 8.29. The Morgan fingerprint density at radius 3 is 1.47 bits per heavy atom. The van der Waals surface area contributed by atoms with Gasteiger partial charge in [-0.2, -0.15) is 0 Å². The molecule has 9 aromatic carbocycles. The third-order valence-electron chi connectivity index (χ3n) is 11.4. The molecule has 0 saturated carbocycles. The fraction of sp³-hybridized carbons (Fsp3) is 0. The van der Waals surface area contributed by atoms with Crippen molar-refractivity contribution in [2.24, 2.45) is 0 Å². The van der Waals surface area contributed by atoms with Gasteiger partial charge in [0.1, 0.15) is 16.7 Å². The summed E-state index contributed by atoms with van der Waals surface area (Å²) < 4.78 is 13.0. The van der Waals surface area contributed by atoms with Crippen LogP contribution >= 0.6 is 0 Å². The molecule has 0 N–H and O–H groups in total. The molecule has 12 rings (SSSR count). The van der Waals surface area contributed by atoms with E-state index in [-0.39, 0.29) is 0 Å². The van der Waals surface area contributed by atoms with E-state index in [1.54, 1.807) is 0 Å². The van der Waals surface area contributed by atoms with Crippen LogP contribution in [0.5, 0.6) is 0 Å². The van der Waals surface area contributed by atoms with Gasteiger partial charge in [-0.25, -0.2) is 19.9 Å². The van der Waals surface area contributed by atoms with Crippen molar-refractivity contribution in [3.05, 3.63) is 194 Å². The second-order valence-electron chi connectivity index (χ2n) is 15.0. The average molecular weight is 769 g/mol. The Hall–Kier alpha value is -8.22. The van der Waals surface area contributed by atoms with E-state index < -0.39 is 0 Å². The van der Waals surface area contributed by atoms with Gasteiger partial charge in [0, 0.05) is 27.6 Å². The van der Waals surface area contributed by atoms with E-state index in [2.05, 4.69) is 140 Å². The molecule has 0 amide bonds. The zero-order valence-electron chi connectivity index (χ0n) is 32.1. The van der Waals surface area contributed by atoms with Crippen molar-refractivity contribution >= 4 is 54.6 Å². The SMILES string of the molecule is c1ccc(-c2ccc(-c3ccc(-c4nc(-c5ccc6ccccc6c5)nc(-c5ccc6ccc7oc8ccc9nc(-c%10ccccc%10)oc9c8c7c6c5)n4)cc3)cc2)cc1. The third kappa shape index (κ3) is 5.81. The molecular formula is C54H32N4O2. The number of furan rings is 1. The maximum absolute atomic E-state index is 6.51. The third-order valence-corrected chi connectivity index (χ3v) is 11.4. The first-order chi connectivity index (χ1) is 29.7. The normalized spacial score (nSPS) is 11.7. The highest BCUT2D eigenvalue weighted by Gasteiger charge is 2.20. The lowest BCUT2D eigenvalue weighted by atomic mass is 9.99. The minimum atomic E-state index is 0.571. The van der Waals surface area contributed by atoms with Crippen molar-refractivity contribution in [1.29, 1.82) is 0 Å². The summed E-state index contributed by atoms with van der Waals surface area (Å²) in [5.41, 5.74) is 11.2. The van der Waals surface area contributed by atoms with Crippen LogP contribution in [-0.2, 0) is 0 Å². The lowest BCUT2D eigenvalue weighted by molar-refractivity contribution is 0.622. The minimum absolute atomic E-state index is 0.571. The van der Waals surface area contributed by atoms with Crippen molar-refractivity contribution in [3.8, 4) is 67.9 Å². The molecule has 6 nitrogen and oxygen atoms in total. The number of oxazole rings is 1. The summed E-state index contributed by atoms with van der Waals surface area (Å²) in [6, 6.07) is 66.7. The number of hydrogen-bond donors (Lipinski definition) is 0. The van der Waals surface area contributed by atoms with Crippen LogP contribution in [0.3, 0.4) is 0 Å². The second kappa shape index (κ2) is 13.7. The molecule has 3 heterocycles. The van der Waals surface area contributed by atoms with Crippen LogP contribution in [0.2, 0.25) is 0 Å². The standard InChI is InChI=1S/C54H32N4O2/c1-3-9-33(10-4-1)35-15-17-36(18-16-35)37-19-23-39(24-20-37)51-56-52(42-25-21-34-11-7-8-14-41(34)31-42)58-53(57-51)43-26-22-38-27-29-46-48(44(38)32-43)49-47(59-46)30-28-45-50(49)60-54(55-45)40-12-5-2-6-13-40/h1-32H. The topological polar surface area (TPSA) is 77.8 Å². The van der Waals surface area contributed by atoms with Gasteiger partial charge in [-0.3, -0.25) is 0 Å². The number of benzene rings is 9. The maximum atomic E-state index is 6.51. The molecule has 6 heteroatoms. The van der Waals surface area contributed by atoms with Crippen molar-refractivity contribution in [1.82, 2.24) is 19.9 Å². The summed E-state index contributed by atoms with van der Waals surface area (Å²) in [5.74, 6) is 2.34. The average Bonchev–Trinajstić information content (AvgIpc) is 3.94. The van der Waals surface area contributed by atoms with Crippen LogP contribution in [0, 0.1) is 0 Å². The highest BCUT2D eigenvalue weighted by Crippen LogP contribution is 2.41. The Morgan fingerprint density at radius 1 is 0.300 bits per heavy atom. The first kappa shape index (κ1) is 33.9. The highest BCUT2D eigenvalue weighted by atomic mass is 16.4. The Balaban J connectivity index is 0.997. The van der Waals surface area contributed by atoms with Crippen LogP contribution in [-0.4, -0.2) is 19.9 Å². The van der Waals surface area contributed by atoms with Crippen LogP contribution in [0.25, 0.3) is 122 Å². The van der Waals surface area contributed by atoms with Gasteiger partial charge >= 0.3 is 0 Å². The quantitative estimate of drug-likeness (QED) is 0.168. The smallest absolute Gasteiger partial charge is 0.227 e. The molecule has 3 aromatic heterocycles. The Bertz CT molecular complexity index is 3580. The van der Waals surface area contributed by atoms with E-state index in [0.717, 1.165) is 82.4 Å². The maximum Gasteiger partial charge on any atom is 0.227 e. The molecule has 60 heavy (non-hydrogen) atoms. The summed E-state index contributed by atoms with van der Waals surface area (Å²) in [5, 5.41) is 6.20. The fourth-order valence-corrected chi connectivity index (χ4v) is 8.29. The molecule has 0 aliphatic rings. The zero-order valence-corrected chi connectivity index (χ0v) is 32.1. The van der Waals surface area contributed by atoms with Crippen molar-refractivity contribution < 1.29 is 8.83 Å². The van der Waals surface area contributed by atoms with Crippen molar-refractivity contribution in [2.45, 2.75) is 0 Å². The minimum Gasteiger partial charge on any atom is -0.456 e. The number of fused-ring (bicyclic) bond motifs is 8. The van der Waals surface area contributed by atoms with Crippen LogP contribution in [0.1, 0.15) is 0 Å². The summed E-state index contributed by atoms with van der Waals surface area (Å²) in [6.45, 7) is 0. The molecule has 0 fully saturated rings. The van der Waals surface area contributed by atoms with E-state index in [9.17, 15) is 0 Å². The van der Waals surface area contributed by atoms with Crippen LogP contribution < -0.4 is 0 Å². The van der Waals surface area contributed by atoms with Gasteiger partial charge < -0.3 is 8.83 Å². The highest BCUT2D eigenvalue weighted by molar-refractivity contribution is 6.25. The molecule has 0 unspecified atom stereocenters. The Kier molecular flexibility index (Phi) is 7.74. The monoisotopic (exact) mass is 768 g/mol. The van der Waals surface area contributed by atoms with Gasteiger partial charge in [0.25, 0.3) is 0 Å². The molecule has 12 aromatic rings. The van der Waals surface area contributed by atoms with Crippen LogP contribution in [0.4, 0.5) is 0 Å². The number of rotatable bonds is 6. The van der Waals surface area contributed by atoms with Gasteiger partial charge in [-0.05, 0) is 86.3 Å². The molecule has 0 aliphatic heterocycles. The van der Waals surface area contributed by atoms with Gasteiger partial charge in [0.2, 0.25) is 5.89 Å². The van der Waals surface area contributed by atoms with E-state index in [4.69, 9.17) is 28.8 Å². The summed E-state index contributed by atoms with van der Waals surface area (Å²) >= 11 is 0. The molecule has 0 bridgehead atoms. The zero-order chi connectivity index (χ0) is 39.6. The molecule has 0 spiro atoms. The predicted octanol–water partition coefficient (Wildman–Crippen LogP) is 14.2. The summed E-state index contributed by atoms with van der Waals surface area (Å²) in [7, 11) is 0. The first-order valence-electron chi connectivity index (χ1n) is 19.9. The van der Waals surface area contributed by atoms with Gasteiger partial charge in [0.15, 0.2) is 23.1 Å². The van der Waals surface area contributed by atoms with E-state index in [1.807, 2.05) is 54.6 Å². The molecule has 0 radical (unpaired) electrons. The summed E-state index contributed by atoms with van der Waals surface area (Å²) in [4.78, 5) is 20.3. The lowest BCUT2D eigenvalue weighted by Gasteiger charge is -2.11.